The summed E-state index contributed by atoms with van der Waals surface area (Å²) in [5, 5.41) is 0. The van der Waals surface area contributed by atoms with Gasteiger partial charge in [-0.15, -0.1) is 11.8 Å². The van der Waals surface area contributed by atoms with Crippen molar-refractivity contribution in [1.29, 1.82) is 0 Å². The van der Waals surface area contributed by atoms with Gasteiger partial charge in [-0.2, -0.15) is 0 Å². The normalized spacial score (nSPS) is 13.2. The summed E-state index contributed by atoms with van der Waals surface area (Å²) >= 11 is 7.29. The quantitative estimate of drug-likeness (QED) is 0.521. The van der Waals surface area contributed by atoms with E-state index in [1.807, 2.05) is 11.8 Å². The number of hydrogen-bond donors (Lipinski definition) is 0. The summed E-state index contributed by atoms with van der Waals surface area (Å²) in [4.78, 5) is 0. The van der Waals surface area contributed by atoms with Gasteiger partial charge in [0.05, 0.1) is 4.58 Å². The summed E-state index contributed by atoms with van der Waals surface area (Å²) in [5.41, 5.74) is 0. The minimum Gasteiger partial charge on any atom is -0.147 e. The molecule has 0 saturated heterocycles. The standard InChI is InChI=1S/C10H21S2/c1-3-5-7-9-12-10(11)8-6-4-2/h10H,3-9H2,1-2H3. The van der Waals surface area contributed by atoms with E-state index in [1.54, 1.807) is 0 Å². The molecule has 0 saturated carbocycles. The van der Waals surface area contributed by atoms with Crippen molar-refractivity contribution in [2.75, 3.05) is 5.75 Å². The summed E-state index contributed by atoms with van der Waals surface area (Å²) in [5.74, 6) is 1.27. The summed E-state index contributed by atoms with van der Waals surface area (Å²) in [7, 11) is 0. The summed E-state index contributed by atoms with van der Waals surface area (Å²) in [6, 6.07) is 0. The molecule has 0 aliphatic heterocycles. The fourth-order valence-electron chi connectivity index (χ4n) is 1.02. The fourth-order valence-corrected chi connectivity index (χ4v) is 2.44. The van der Waals surface area contributed by atoms with Gasteiger partial charge in [0.15, 0.2) is 0 Å². The number of unbranched alkanes of at least 4 members (excludes halogenated alkanes) is 3. The van der Waals surface area contributed by atoms with E-state index >= 15 is 0 Å². The van der Waals surface area contributed by atoms with Gasteiger partial charge < -0.3 is 0 Å². The molecule has 0 aromatic rings. The minimum atomic E-state index is 0.474. The second-order valence-electron chi connectivity index (χ2n) is 3.15. The van der Waals surface area contributed by atoms with Gasteiger partial charge >= 0.3 is 0 Å². The maximum atomic E-state index is 5.32. The molecule has 1 unspecified atom stereocenters. The first-order valence-corrected chi connectivity index (χ1v) is 6.60. The largest absolute Gasteiger partial charge is 0.147 e. The highest BCUT2D eigenvalue weighted by Crippen LogP contribution is 2.21. The van der Waals surface area contributed by atoms with Crippen LogP contribution in [0.15, 0.2) is 0 Å². The topological polar surface area (TPSA) is 0 Å². The van der Waals surface area contributed by atoms with Crippen LogP contribution in [0.4, 0.5) is 0 Å². The van der Waals surface area contributed by atoms with E-state index in [9.17, 15) is 0 Å². The monoisotopic (exact) mass is 205 g/mol. The molecule has 0 heterocycles. The van der Waals surface area contributed by atoms with Crippen molar-refractivity contribution >= 4 is 24.4 Å². The Hall–Kier alpha value is 0.700. The smallest absolute Gasteiger partial charge is 0.0606 e. The Kier molecular flexibility index (Phi) is 10.4. The first-order chi connectivity index (χ1) is 5.81. The Morgan fingerprint density at radius 3 is 2.33 bits per heavy atom. The second-order valence-corrected chi connectivity index (χ2v) is 5.33. The average molecular weight is 205 g/mol. The third-order valence-corrected chi connectivity index (χ3v) is 3.62. The lowest BCUT2D eigenvalue weighted by molar-refractivity contribution is 0.758. The van der Waals surface area contributed by atoms with Gasteiger partial charge in [-0.3, -0.25) is 0 Å². The van der Waals surface area contributed by atoms with E-state index in [0.29, 0.717) is 4.58 Å². The van der Waals surface area contributed by atoms with Crippen LogP contribution in [0.25, 0.3) is 0 Å². The van der Waals surface area contributed by atoms with E-state index in [2.05, 4.69) is 13.8 Å². The summed E-state index contributed by atoms with van der Waals surface area (Å²) in [6.45, 7) is 4.47. The zero-order chi connectivity index (χ0) is 9.23. The van der Waals surface area contributed by atoms with E-state index in [1.165, 1.54) is 44.3 Å². The van der Waals surface area contributed by atoms with E-state index in [-0.39, 0.29) is 0 Å². The third-order valence-electron chi connectivity index (χ3n) is 1.85. The van der Waals surface area contributed by atoms with E-state index < -0.39 is 0 Å². The highest BCUT2D eigenvalue weighted by molar-refractivity contribution is 8.10. The van der Waals surface area contributed by atoms with Crippen LogP contribution in [0.2, 0.25) is 0 Å². The summed E-state index contributed by atoms with van der Waals surface area (Å²) < 4.78 is 0.474. The molecule has 0 aliphatic carbocycles. The molecule has 0 rings (SSSR count). The van der Waals surface area contributed by atoms with Gasteiger partial charge in [-0.05, 0) is 18.6 Å². The highest BCUT2D eigenvalue weighted by atomic mass is 32.2. The molecule has 0 aliphatic rings. The van der Waals surface area contributed by atoms with Crippen LogP contribution in [0.1, 0.15) is 52.4 Å². The molecule has 0 N–H and O–H groups in total. The number of hydrogen-bond acceptors (Lipinski definition) is 1. The molecule has 2 heteroatoms. The molecular weight excluding hydrogens is 184 g/mol. The van der Waals surface area contributed by atoms with Crippen LogP contribution in [-0.2, 0) is 0 Å². The molecule has 0 spiro atoms. The van der Waals surface area contributed by atoms with Gasteiger partial charge in [0, 0.05) is 0 Å². The van der Waals surface area contributed by atoms with Gasteiger partial charge in [0.25, 0.3) is 0 Å². The molecule has 73 valence electrons. The van der Waals surface area contributed by atoms with Crippen molar-refractivity contribution in [3.05, 3.63) is 0 Å². The van der Waals surface area contributed by atoms with Crippen molar-refractivity contribution in [3.8, 4) is 0 Å². The Morgan fingerprint density at radius 1 is 1.08 bits per heavy atom. The molecule has 0 amide bonds. The second kappa shape index (κ2) is 9.79. The first-order valence-electron chi connectivity index (χ1n) is 5.08. The van der Waals surface area contributed by atoms with Crippen LogP contribution in [0.5, 0.6) is 0 Å². The van der Waals surface area contributed by atoms with Crippen molar-refractivity contribution in [1.82, 2.24) is 0 Å². The molecule has 0 aromatic heterocycles. The van der Waals surface area contributed by atoms with E-state index in [0.717, 1.165) is 0 Å². The maximum absolute atomic E-state index is 5.32. The lowest BCUT2D eigenvalue weighted by Crippen LogP contribution is -1.93. The lowest BCUT2D eigenvalue weighted by Gasteiger charge is -2.07. The fraction of sp³-hybridized carbons (Fsp3) is 1.00. The predicted octanol–water partition coefficient (Wildman–Crippen LogP) is 4.62. The molecule has 12 heavy (non-hydrogen) atoms. The van der Waals surface area contributed by atoms with Crippen LogP contribution in [-0.4, -0.2) is 10.3 Å². The molecule has 0 fully saturated rings. The molecular formula is C10H21S2. The summed E-state index contributed by atoms with van der Waals surface area (Å²) in [6.07, 6.45) is 7.83. The minimum absolute atomic E-state index is 0.474. The lowest BCUT2D eigenvalue weighted by atomic mass is 10.3. The van der Waals surface area contributed by atoms with Gasteiger partial charge in [-0.25, -0.2) is 0 Å². The van der Waals surface area contributed by atoms with Gasteiger partial charge in [0.2, 0.25) is 0 Å². The van der Waals surface area contributed by atoms with Gasteiger partial charge in [0.1, 0.15) is 0 Å². The first kappa shape index (κ1) is 12.7. The van der Waals surface area contributed by atoms with E-state index in [4.69, 9.17) is 12.6 Å². The molecule has 0 bridgehead atoms. The molecule has 0 aromatic carbocycles. The third kappa shape index (κ3) is 8.79. The Morgan fingerprint density at radius 2 is 1.75 bits per heavy atom. The van der Waals surface area contributed by atoms with Crippen LogP contribution >= 0.6 is 24.4 Å². The molecule has 1 radical (unpaired) electrons. The van der Waals surface area contributed by atoms with Crippen molar-refractivity contribution in [3.63, 3.8) is 0 Å². The zero-order valence-corrected chi connectivity index (χ0v) is 9.98. The Bertz CT molecular complexity index is 83.9. The number of thioether (sulfide) groups is 1. The van der Waals surface area contributed by atoms with Crippen LogP contribution in [0.3, 0.4) is 0 Å². The maximum Gasteiger partial charge on any atom is 0.0606 e. The SMILES string of the molecule is CCCCCSC([S])CCCC. The molecule has 0 nitrogen and oxygen atoms in total. The van der Waals surface area contributed by atoms with Gasteiger partial charge in [-0.1, -0.05) is 52.2 Å². The van der Waals surface area contributed by atoms with Crippen LogP contribution < -0.4 is 0 Å². The average Bonchev–Trinajstić information content (AvgIpc) is 2.09. The highest BCUT2D eigenvalue weighted by Gasteiger charge is 2.02. The Labute approximate surface area is 87.3 Å². The van der Waals surface area contributed by atoms with Crippen LogP contribution in [0, 0.1) is 0 Å². The zero-order valence-electron chi connectivity index (χ0n) is 8.34. The van der Waals surface area contributed by atoms with Crippen molar-refractivity contribution in [2.45, 2.75) is 57.0 Å². The van der Waals surface area contributed by atoms with Crippen molar-refractivity contribution in [2.24, 2.45) is 0 Å². The number of rotatable bonds is 8. The predicted molar refractivity (Wildman–Crippen MR) is 62.9 cm³/mol. The Balaban J connectivity index is 3.02. The molecule has 1 atom stereocenters. The van der Waals surface area contributed by atoms with Crippen molar-refractivity contribution < 1.29 is 0 Å².